The molecule has 0 radical (unpaired) electrons. The van der Waals surface area contributed by atoms with E-state index in [2.05, 4.69) is 252 Å². The number of nitrogens with zero attached hydrogens (tertiary/aromatic N) is 4. The number of aliphatic hydroxyl groups is 2. The first-order chi connectivity index (χ1) is 31.6. The number of β-amino-alcohol motifs (C(OH)–C–C–N with tert-alkyl or cyclic N) is 2. The highest BCUT2D eigenvalue weighted by atomic mass is 127. The van der Waals surface area contributed by atoms with E-state index >= 15 is 0 Å². The minimum atomic E-state index is -0.115. The maximum absolute atomic E-state index is 9.62. The first kappa shape index (κ1) is 53.6. The van der Waals surface area contributed by atoms with Crippen LogP contribution in [0.3, 0.4) is 0 Å². The minimum absolute atomic E-state index is 0. The third-order valence-corrected chi connectivity index (χ3v) is 14.0. The molecule has 4 aromatic rings. The fraction of sp³-hybridized carbons (Fsp3) is 0.300. The number of para-hydroxylation sites is 4. The molecule has 356 valence electrons. The van der Waals surface area contributed by atoms with E-state index in [0.29, 0.717) is 13.1 Å². The summed E-state index contributed by atoms with van der Waals surface area (Å²) < 4.78 is 4.52. The quantitative estimate of drug-likeness (QED) is 0.0845. The smallest absolute Gasteiger partial charge is 0.209 e. The molecule has 8 heteroatoms. The van der Waals surface area contributed by atoms with Crippen LogP contribution in [-0.4, -0.2) is 71.2 Å². The van der Waals surface area contributed by atoms with E-state index in [-0.39, 0.29) is 71.3 Å². The summed E-state index contributed by atoms with van der Waals surface area (Å²) in [6, 6.07) is 34.2. The summed E-state index contributed by atoms with van der Waals surface area (Å²) in [6.45, 7) is 19.5. The van der Waals surface area contributed by atoms with Crippen molar-refractivity contribution in [1.29, 1.82) is 0 Å². The fourth-order valence-electron chi connectivity index (χ4n) is 10.5. The lowest BCUT2D eigenvalue weighted by atomic mass is 9.81. The molecule has 0 aliphatic carbocycles. The summed E-state index contributed by atoms with van der Waals surface area (Å²) in [6.07, 6.45) is 29.6. The Morgan fingerprint density at radius 3 is 1.47 bits per heavy atom. The molecule has 8 rings (SSSR count). The number of hydrogen-bond acceptors (Lipinski definition) is 4. The Labute approximate surface area is 430 Å². The van der Waals surface area contributed by atoms with E-state index < -0.39 is 0 Å². The molecular formula is C60H71ClIN4O2+. The average molecular weight is 1040 g/mol. The highest BCUT2D eigenvalue weighted by Crippen LogP contribution is 2.48. The molecule has 0 amide bonds. The monoisotopic (exact) mass is 1040 g/mol. The number of halogens is 2. The first-order valence-corrected chi connectivity index (χ1v) is 23.4. The van der Waals surface area contributed by atoms with Crippen LogP contribution >= 0.6 is 12.4 Å². The van der Waals surface area contributed by atoms with Crippen molar-refractivity contribution < 1.29 is 43.3 Å². The topological polar surface area (TPSA) is 53.0 Å². The number of benzene rings is 4. The summed E-state index contributed by atoms with van der Waals surface area (Å²) >= 11 is 0. The van der Waals surface area contributed by atoms with Crippen LogP contribution in [0.4, 0.5) is 22.7 Å². The first-order valence-electron chi connectivity index (χ1n) is 23.4. The second-order valence-corrected chi connectivity index (χ2v) is 19.6. The third kappa shape index (κ3) is 10.3. The molecule has 0 saturated carbocycles. The number of fused-ring (bicyclic) bond motifs is 4. The molecule has 0 aromatic heterocycles. The Morgan fingerprint density at radius 1 is 0.485 bits per heavy atom. The number of anilines is 2. The van der Waals surface area contributed by atoms with Crippen LogP contribution in [-0.2, 0) is 21.7 Å². The maximum Gasteiger partial charge on any atom is 0.209 e. The zero-order valence-electron chi connectivity index (χ0n) is 41.6. The number of hydrogen-bond donors (Lipinski definition) is 2. The van der Waals surface area contributed by atoms with E-state index in [4.69, 9.17) is 0 Å². The van der Waals surface area contributed by atoms with E-state index in [9.17, 15) is 10.2 Å². The largest absolute Gasteiger partial charge is 1.00 e. The molecule has 0 unspecified atom stereocenters. The summed E-state index contributed by atoms with van der Waals surface area (Å²) in [5.74, 6) is 0. The van der Waals surface area contributed by atoms with Gasteiger partial charge in [-0.25, -0.2) is 0 Å². The fourth-order valence-corrected chi connectivity index (χ4v) is 10.5. The van der Waals surface area contributed by atoms with Crippen LogP contribution in [0.15, 0.2) is 194 Å². The number of rotatable bonds is 12. The predicted molar refractivity (Wildman–Crippen MR) is 287 cm³/mol. The van der Waals surface area contributed by atoms with Gasteiger partial charge in [0.25, 0.3) is 0 Å². The van der Waals surface area contributed by atoms with Crippen molar-refractivity contribution in [2.45, 2.75) is 77.0 Å². The van der Waals surface area contributed by atoms with E-state index in [0.717, 1.165) is 0 Å². The van der Waals surface area contributed by atoms with Gasteiger partial charge in [0.15, 0.2) is 18.0 Å². The van der Waals surface area contributed by atoms with Gasteiger partial charge in [0.05, 0.1) is 17.4 Å². The van der Waals surface area contributed by atoms with Gasteiger partial charge in [0.2, 0.25) is 11.4 Å². The van der Waals surface area contributed by atoms with Gasteiger partial charge >= 0.3 is 0 Å². The second kappa shape index (κ2) is 22.4. The SMILES string of the molecule is CC1(C)C(/C=C/C=C/C=C/C=C2\N(CCO)c3ccccc3C2(C)C)=[N+](CCO)c2ccccc21.CN1\C(=C/C=C/C=C/C=C/C2=[N+](C)c3ccccc3C2(C)C)C(C)(C)c2ccccc21.Cl.[I-]. The van der Waals surface area contributed by atoms with Crippen LogP contribution < -0.4 is 33.8 Å². The average Bonchev–Trinajstić information content (AvgIpc) is 3.82. The second-order valence-electron chi connectivity index (χ2n) is 19.6. The Hall–Kier alpha value is -5.32. The van der Waals surface area contributed by atoms with Crippen molar-refractivity contribution in [2.24, 2.45) is 0 Å². The van der Waals surface area contributed by atoms with Crippen molar-refractivity contribution in [3.8, 4) is 0 Å². The van der Waals surface area contributed by atoms with Crippen molar-refractivity contribution in [1.82, 2.24) is 0 Å². The highest BCUT2D eigenvalue weighted by Gasteiger charge is 2.45. The van der Waals surface area contributed by atoms with Gasteiger partial charge in [-0.05, 0) is 63.1 Å². The van der Waals surface area contributed by atoms with Crippen molar-refractivity contribution in [3.05, 3.63) is 216 Å². The van der Waals surface area contributed by atoms with E-state index in [1.54, 1.807) is 0 Å². The van der Waals surface area contributed by atoms with Crippen LogP contribution in [0, 0.1) is 0 Å². The summed E-state index contributed by atoms with van der Waals surface area (Å²) in [5.41, 5.74) is 15.1. The van der Waals surface area contributed by atoms with Crippen LogP contribution in [0.25, 0.3) is 0 Å². The lowest BCUT2D eigenvalue weighted by Gasteiger charge is -2.26. The van der Waals surface area contributed by atoms with Gasteiger partial charge in [-0.1, -0.05) is 161 Å². The molecule has 4 aromatic carbocycles. The lowest BCUT2D eigenvalue weighted by molar-refractivity contribution is -0.441. The zero-order valence-corrected chi connectivity index (χ0v) is 44.6. The highest BCUT2D eigenvalue weighted by molar-refractivity contribution is 6.03. The van der Waals surface area contributed by atoms with Gasteiger partial charge in [-0.2, -0.15) is 9.15 Å². The van der Waals surface area contributed by atoms with Crippen LogP contribution in [0.5, 0.6) is 0 Å². The number of likely N-dealkylation sites (N-methyl/N-ethyl adjacent to an activating group) is 1. The molecule has 0 spiro atoms. The minimum Gasteiger partial charge on any atom is -1.00 e. The van der Waals surface area contributed by atoms with Gasteiger partial charge in [-0.3, -0.25) is 0 Å². The molecular weight excluding hydrogens is 971 g/mol. The van der Waals surface area contributed by atoms with Crippen molar-refractivity contribution in [3.63, 3.8) is 0 Å². The van der Waals surface area contributed by atoms with Gasteiger partial charge in [-0.15, -0.1) is 12.4 Å². The molecule has 68 heavy (non-hydrogen) atoms. The van der Waals surface area contributed by atoms with Crippen LogP contribution in [0.1, 0.15) is 77.6 Å². The van der Waals surface area contributed by atoms with Gasteiger partial charge in [0.1, 0.15) is 13.7 Å². The predicted octanol–water partition coefficient (Wildman–Crippen LogP) is 9.50. The number of allylic oxidation sites excluding steroid dienone is 16. The summed E-state index contributed by atoms with van der Waals surface area (Å²) in [4.78, 5) is 4.52. The van der Waals surface area contributed by atoms with Crippen LogP contribution in [0.2, 0.25) is 0 Å². The standard InChI is InChI=1S/C31H37N2O2.C29H33N2.ClH.HI/c1-30(2)24-14-10-12-16-26(24)32(20-22-34)28(30)18-8-6-5-7-9-19-29-31(3,4)25-15-11-13-17-27(25)33(29)21-23-35;1-28(2)22-16-12-14-18-24(22)30(5)26(28)20-10-8-7-9-11-21-27-29(3,4)23-17-13-15-19-25(23)31(27)6;;/h5-19,34-35H,20-23H2,1-4H3;7-21H,1-6H3;2*1H/q2*+1;;/p-1. The van der Waals surface area contributed by atoms with Gasteiger partial charge in [0, 0.05) is 82.6 Å². The molecule has 0 fully saturated rings. The molecule has 0 bridgehead atoms. The zero-order chi connectivity index (χ0) is 47.3. The van der Waals surface area contributed by atoms with Crippen molar-refractivity contribution in [2.75, 3.05) is 50.2 Å². The Kier molecular flexibility index (Phi) is 17.7. The normalized spacial score (nSPS) is 19.5. The molecule has 4 heterocycles. The molecule has 0 atom stereocenters. The molecule has 4 aliphatic rings. The Morgan fingerprint density at radius 2 is 0.912 bits per heavy atom. The van der Waals surface area contributed by atoms with Gasteiger partial charge < -0.3 is 44.0 Å². The number of aliphatic hydroxyl groups excluding tert-OH is 2. The van der Waals surface area contributed by atoms with E-state index in [1.807, 2.05) is 18.2 Å². The van der Waals surface area contributed by atoms with E-state index in [1.165, 1.54) is 67.8 Å². The molecule has 6 nitrogen and oxygen atoms in total. The summed E-state index contributed by atoms with van der Waals surface area (Å²) in [7, 11) is 4.31. The maximum atomic E-state index is 9.62. The molecule has 0 saturated heterocycles. The molecule has 2 N–H and O–H groups in total. The Bertz CT molecular complexity index is 2780. The lowest BCUT2D eigenvalue weighted by Crippen LogP contribution is -3.00. The molecule has 4 aliphatic heterocycles. The van der Waals surface area contributed by atoms with Crippen molar-refractivity contribution >= 4 is 46.6 Å². The Balaban J connectivity index is 0.000000248. The summed E-state index contributed by atoms with van der Waals surface area (Å²) in [5, 5.41) is 19.2. The third-order valence-electron chi connectivity index (χ3n) is 14.0.